The van der Waals surface area contributed by atoms with Gasteiger partial charge in [-0.3, -0.25) is 9.48 Å². The van der Waals surface area contributed by atoms with Crippen molar-refractivity contribution in [2.75, 3.05) is 5.32 Å². The molecule has 7 heteroatoms. The minimum Gasteiger partial charge on any atom is -0.478 e. The number of carboxylic acid groups (broad SMARTS) is 1. The summed E-state index contributed by atoms with van der Waals surface area (Å²) < 4.78 is 1.52. The number of pyridine rings is 1. The third kappa shape index (κ3) is 3.52. The average molecular weight is 272 g/mol. The lowest BCUT2D eigenvalue weighted by molar-refractivity contribution is -0.131. The second kappa shape index (κ2) is 5.79. The van der Waals surface area contributed by atoms with Gasteiger partial charge in [-0.05, 0) is 29.8 Å². The zero-order chi connectivity index (χ0) is 14.5. The molecular weight excluding hydrogens is 260 g/mol. The molecule has 0 aliphatic rings. The number of hydrogen-bond donors (Lipinski definition) is 2. The van der Waals surface area contributed by atoms with E-state index in [1.54, 1.807) is 31.4 Å². The zero-order valence-corrected chi connectivity index (χ0v) is 10.6. The summed E-state index contributed by atoms with van der Waals surface area (Å²) in [5.41, 5.74) is 0.902. The molecule has 102 valence electrons. The number of nitrogens with one attached hydrogen (secondary N) is 1. The second-order valence-corrected chi connectivity index (χ2v) is 3.97. The fraction of sp³-hybridized carbons (Fsp3) is 0.0769. The van der Waals surface area contributed by atoms with Gasteiger partial charge >= 0.3 is 5.97 Å². The van der Waals surface area contributed by atoms with Crippen molar-refractivity contribution in [2.24, 2.45) is 7.05 Å². The highest BCUT2D eigenvalue weighted by Gasteiger charge is 2.09. The van der Waals surface area contributed by atoms with E-state index in [9.17, 15) is 9.59 Å². The van der Waals surface area contributed by atoms with Crippen LogP contribution in [-0.4, -0.2) is 31.7 Å². The Morgan fingerprint density at radius 2 is 2.20 bits per heavy atom. The van der Waals surface area contributed by atoms with E-state index in [1.165, 1.54) is 17.0 Å². The lowest BCUT2D eigenvalue weighted by Gasteiger charge is -2.02. The van der Waals surface area contributed by atoms with E-state index in [4.69, 9.17) is 5.11 Å². The lowest BCUT2D eigenvalue weighted by Crippen LogP contribution is -2.14. The fourth-order valence-electron chi connectivity index (χ4n) is 1.50. The van der Waals surface area contributed by atoms with Gasteiger partial charge in [0.2, 0.25) is 0 Å². The molecule has 2 heterocycles. The zero-order valence-electron chi connectivity index (χ0n) is 10.6. The maximum absolute atomic E-state index is 11.9. The number of carbonyl (C=O) groups excluding carboxylic acids is 1. The Bertz CT molecular complexity index is 676. The third-order valence-electron chi connectivity index (χ3n) is 2.39. The largest absolute Gasteiger partial charge is 0.478 e. The van der Waals surface area contributed by atoms with E-state index in [0.717, 1.165) is 6.08 Å². The van der Waals surface area contributed by atoms with Gasteiger partial charge in [0.15, 0.2) is 5.69 Å². The van der Waals surface area contributed by atoms with Gasteiger partial charge in [-0.2, -0.15) is 5.10 Å². The molecule has 0 bridgehead atoms. The molecule has 0 spiro atoms. The molecule has 0 saturated carbocycles. The van der Waals surface area contributed by atoms with Crippen LogP contribution in [0.5, 0.6) is 0 Å². The Labute approximate surface area is 114 Å². The van der Waals surface area contributed by atoms with Crippen LogP contribution in [0.1, 0.15) is 16.1 Å². The Hall–Kier alpha value is -2.96. The highest BCUT2D eigenvalue weighted by molar-refractivity contribution is 6.02. The number of aromatic nitrogens is 3. The molecule has 2 aromatic heterocycles. The number of hydrogen-bond acceptors (Lipinski definition) is 4. The van der Waals surface area contributed by atoms with Crippen LogP contribution in [0.15, 0.2) is 36.7 Å². The van der Waals surface area contributed by atoms with Crippen molar-refractivity contribution >= 4 is 23.8 Å². The first-order valence-electron chi connectivity index (χ1n) is 5.72. The summed E-state index contributed by atoms with van der Waals surface area (Å²) in [7, 11) is 1.71. The predicted molar refractivity (Wildman–Crippen MR) is 72.1 cm³/mol. The number of amides is 1. The van der Waals surface area contributed by atoms with Gasteiger partial charge < -0.3 is 10.4 Å². The highest BCUT2D eigenvalue weighted by atomic mass is 16.4. The van der Waals surface area contributed by atoms with Gasteiger partial charge in [0, 0.05) is 25.5 Å². The van der Waals surface area contributed by atoms with Gasteiger partial charge in [0.05, 0.1) is 0 Å². The van der Waals surface area contributed by atoms with Gasteiger partial charge in [-0.15, -0.1) is 0 Å². The minimum absolute atomic E-state index is 0.279. The van der Waals surface area contributed by atoms with Crippen molar-refractivity contribution < 1.29 is 14.7 Å². The monoisotopic (exact) mass is 272 g/mol. The van der Waals surface area contributed by atoms with E-state index in [1.807, 2.05) is 0 Å². The smallest absolute Gasteiger partial charge is 0.328 e. The van der Waals surface area contributed by atoms with E-state index in [-0.39, 0.29) is 11.6 Å². The summed E-state index contributed by atoms with van der Waals surface area (Å²) in [5.74, 6) is -1.09. The number of aryl methyl sites for hydroxylation is 1. The van der Waals surface area contributed by atoms with Gasteiger partial charge in [-0.1, -0.05) is 0 Å². The molecule has 2 N–H and O–H groups in total. The third-order valence-corrected chi connectivity index (χ3v) is 2.39. The summed E-state index contributed by atoms with van der Waals surface area (Å²) in [6.07, 6.45) is 5.57. The van der Waals surface area contributed by atoms with Crippen LogP contribution >= 0.6 is 0 Å². The minimum atomic E-state index is -1.04. The predicted octanol–water partition coefficient (Wildman–Crippen LogP) is 1.17. The van der Waals surface area contributed by atoms with Crippen LogP contribution in [0.3, 0.4) is 0 Å². The molecule has 0 aliphatic heterocycles. The maximum Gasteiger partial charge on any atom is 0.328 e. The molecule has 2 aromatic rings. The van der Waals surface area contributed by atoms with Crippen LogP contribution in [0, 0.1) is 0 Å². The Morgan fingerprint density at radius 3 is 2.85 bits per heavy atom. The quantitative estimate of drug-likeness (QED) is 0.814. The maximum atomic E-state index is 11.9. The summed E-state index contributed by atoms with van der Waals surface area (Å²) >= 11 is 0. The van der Waals surface area contributed by atoms with Gasteiger partial charge in [-0.25, -0.2) is 9.78 Å². The van der Waals surface area contributed by atoms with Crippen LogP contribution < -0.4 is 5.32 Å². The number of carboxylic acids is 1. The molecule has 0 aliphatic carbocycles. The SMILES string of the molecule is Cn1ccc(C(=O)Nc2cc(/C=C/C(=O)O)ccn2)n1. The second-order valence-electron chi connectivity index (χ2n) is 3.97. The van der Waals surface area contributed by atoms with Crippen molar-refractivity contribution in [1.82, 2.24) is 14.8 Å². The van der Waals surface area contributed by atoms with E-state index in [2.05, 4.69) is 15.4 Å². The number of carbonyl (C=O) groups is 2. The topological polar surface area (TPSA) is 97.1 Å². The Balaban J connectivity index is 2.11. The Morgan fingerprint density at radius 1 is 1.40 bits per heavy atom. The molecule has 7 nitrogen and oxygen atoms in total. The first kappa shape index (κ1) is 13.5. The van der Waals surface area contributed by atoms with E-state index >= 15 is 0 Å². The molecule has 0 aromatic carbocycles. The van der Waals surface area contributed by atoms with Crippen molar-refractivity contribution in [1.29, 1.82) is 0 Å². The van der Waals surface area contributed by atoms with E-state index < -0.39 is 5.97 Å². The molecule has 20 heavy (non-hydrogen) atoms. The molecular formula is C13H12N4O3. The standard InChI is InChI=1S/C13H12N4O3/c1-17-7-5-10(16-17)13(20)15-11-8-9(4-6-14-11)2-3-12(18)19/h2-8H,1H3,(H,18,19)(H,14,15,20)/b3-2+. The molecule has 0 unspecified atom stereocenters. The summed E-state index contributed by atoms with van der Waals surface area (Å²) in [6.45, 7) is 0. The molecule has 0 fully saturated rings. The van der Waals surface area contributed by atoms with E-state index in [0.29, 0.717) is 11.4 Å². The molecule has 0 saturated heterocycles. The summed E-state index contributed by atoms with van der Waals surface area (Å²) in [5, 5.41) is 15.1. The van der Waals surface area contributed by atoms with Gasteiger partial charge in [0.1, 0.15) is 5.82 Å². The molecule has 1 amide bonds. The molecule has 0 radical (unpaired) electrons. The number of anilines is 1. The number of nitrogens with zero attached hydrogens (tertiary/aromatic N) is 3. The van der Waals surface area contributed by atoms with Crippen molar-refractivity contribution in [3.63, 3.8) is 0 Å². The first-order chi connectivity index (χ1) is 9.54. The lowest BCUT2D eigenvalue weighted by atomic mass is 10.2. The van der Waals surface area contributed by atoms with Crippen LogP contribution in [0.25, 0.3) is 6.08 Å². The first-order valence-corrected chi connectivity index (χ1v) is 5.72. The molecule has 0 atom stereocenters. The van der Waals surface area contributed by atoms with Crippen molar-refractivity contribution in [2.45, 2.75) is 0 Å². The van der Waals surface area contributed by atoms with Crippen LogP contribution in [-0.2, 0) is 11.8 Å². The van der Waals surface area contributed by atoms with Crippen LogP contribution in [0.4, 0.5) is 5.82 Å². The molecule has 2 rings (SSSR count). The highest BCUT2D eigenvalue weighted by Crippen LogP contribution is 2.09. The number of rotatable bonds is 4. The summed E-state index contributed by atoms with van der Waals surface area (Å²) in [4.78, 5) is 26.3. The van der Waals surface area contributed by atoms with Crippen LogP contribution in [0.2, 0.25) is 0 Å². The van der Waals surface area contributed by atoms with Crippen molar-refractivity contribution in [3.8, 4) is 0 Å². The average Bonchev–Trinajstić information content (AvgIpc) is 2.84. The summed E-state index contributed by atoms with van der Waals surface area (Å²) in [6, 6.07) is 4.79. The van der Waals surface area contributed by atoms with Gasteiger partial charge in [0.25, 0.3) is 5.91 Å². The van der Waals surface area contributed by atoms with Crippen molar-refractivity contribution in [3.05, 3.63) is 47.9 Å². The fourth-order valence-corrected chi connectivity index (χ4v) is 1.50. The number of aliphatic carboxylic acids is 1. The Kier molecular flexibility index (Phi) is 3.90. The normalized spacial score (nSPS) is 10.7.